The Morgan fingerprint density at radius 3 is 2.33 bits per heavy atom. The molecule has 0 heterocycles. The number of hydrogen-bond acceptors (Lipinski definition) is 3. The number of halogens is 2. The highest BCUT2D eigenvalue weighted by Gasteiger charge is 2.23. The lowest BCUT2D eigenvalue weighted by Crippen LogP contribution is -2.40. The second-order valence-corrected chi connectivity index (χ2v) is 5.65. The van der Waals surface area contributed by atoms with Crippen LogP contribution >= 0.6 is 0 Å². The van der Waals surface area contributed by atoms with Crippen molar-refractivity contribution in [1.82, 2.24) is 4.90 Å². The second-order valence-electron chi connectivity index (χ2n) is 5.65. The molecule has 0 bridgehead atoms. The Kier molecular flexibility index (Phi) is 5.94. The Morgan fingerprint density at radius 2 is 1.81 bits per heavy atom. The van der Waals surface area contributed by atoms with E-state index in [0.29, 0.717) is 12.1 Å². The van der Waals surface area contributed by atoms with Crippen LogP contribution in [0.5, 0.6) is 5.75 Å². The zero-order chi connectivity index (χ0) is 15.2. The number of ether oxygens (including phenoxy) is 1. The Labute approximate surface area is 125 Å². The summed E-state index contributed by atoms with van der Waals surface area (Å²) < 4.78 is 28.6. The molecule has 2 rings (SSSR count). The standard InChI is InChI=1S/C16H24F2N2O/c1-2-20(14-7-5-13(19)6-8-14)11-12-3-9-15(10-4-12)21-16(17)18/h3-4,9-10,13-14,16H,2,5-8,11,19H2,1H3. The van der Waals surface area contributed by atoms with Crippen LogP contribution in [-0.2, 0) is 6.54 Å². The summed E-state index contributed by atoms with van der Waals surface area (Å²) in [7, 11) is 0. The van der Waals surface area contributed by atoms with E-state index in [1.807, 2.05) is 12.1 Å². The molecule has 2 N–H and O–H groups in total. The summed E-state index contributed by atoms with van der Waals surface area (Å²) in [6.07, 6.45) is 4.45. The highest BCUT2D eigenvalue weighted by atomic mass is 19.3. The van der Waals surface area contributed by atoms with Crippen molar-refractivity contribution < 1.29 is 13.5 Å². The number of nitrogens with zero attached hydrogens (tertiary/aromatic N) is 1. The number of alkyl halides is 2. The molecule has 3 nitrogen and oxygen atoms in total. The van der Waals surface area contributed by atoms with E-state index < -0.39 is 6.61 Å². The van der Waals surface area contributed by atoms with E-state index in [9.17, 15) is 8.78 Å². The van der Waals surface area contributed by atoms with Gasteiger partial charge in [-0.15, -0.1) is 0 Å². The number of hydrogen-bond donors (Lipinski definition) is 1. The molecule has 0 atom stereocenters. The highest BCUT2D eigenvalue weighted by Crippen LogP contribution is 2.24. The van der Waals surface area contributed by atoms with Crippen molar-refractivity contribution in [3.05, 3.63) is 29.8 Å². The van der Waals surface area contributed by atoms with Gasteiger partial charge in [0.1, 0.15) is 5.75 Å². The van der Waals surface area contributed by atoms with E-state index in [2.05, 4.69) is 16.6 Å². The lowest BCUT2D eigenvalue weighted by Gasteiger charge is -2.35. The van der Waals surface area contributed by atoms with E-state index in [1.165, 1.54) is 0 Å². The summed E-state index contributed by atoms with van der Waals surface area (Å²) in [6, 6.07) is 7.85. The first kappa shape index (κ1) is 16.2. The van der Waals surface area contributed by atoms with Gasteiger partial charge in [0.25, 0.3) is 0 Å². The molecule has 0 aromatic heterocycles. The smallest absolute Gasteiger partial charge is 0.387 e. The van der Waals surface area contributed by atoms with E-state index in [0.717, 1.165) is 44.3 Å². The molecule has 1 aromatic carbocycles. The SMILES string of the molecule is CCN(Cc1ccc(OC(F)F)cc1)C1CCC(N)CC1. The monoisotopic (exact) mass is 298 g/mol. The first-order valence-corrected chi connectivity index (χ1v) is 7.62. The third kappa shape index (κ3) is 4.93. The molecular weight excluding hydrogens is 274 g/mol. The number of benzene rings is 1. The summed E-state index contributed by atoms with van der Waals surface area (Å²) >= 11 is 0. The molecule has 1 aliphatic carbocycles. The van der Waals surface area contributed by atoms with Crippen LogP contribution in [0, 0.1) is 0 Å². The average Bonchev–Trinajstić information content (AvgIpc) is 2.47. The molecule has 0 amide bonds. The molecule has 0 unspecified atom stereocenters. The quantitative estimate of drug-likeness (QED) is 0.875. The molecule has 1 fully saturated rings. The number of nitrogens with two attached hydrogens (primary N) is 1. The summed E-state index contributed by atoms with van der Waals surface area (Å²) in [5.74, 6) is 0.209. The molecular formula is C16H24F2N2O. The predicted molar refractivity (Wildman–Crippen MR) is 79.4 cm³/mol. The van der Waals surface area contributed by atoms with Crippen LogP contribution in [-0.4, -0.2) is 30.1 Å². The normalized spacial score (nSPS) is 22.8. The summed E-state index contributed by atoms with van der Waals surface area (Å²) in [5.41, 5.74) is 7.07. The van der Waals surface area contributed by atoms with Crippen molar-refractivity contribution >= 4 is 0 Å². The Hall–Kier alpha value is -1.20. The van der Waals surface area contributed by atoms with Gasteiger partial charge in [0.15, 0.2) is 0 Å². The fourth-order valence-corrected chi connectivity index (χ4v) is 2.98. The first-order chi connectivity index (χ1) is 10.1. The van der Waals surface area contributed by atoms with E-state index in [-0.39, 0.29) is 5.75 Å². The lowest BCUT2D eigenvalue weighted by molar-refractivity contribution is -0.0498. The van der Waals surface area contributed by atoms with Gasteiger partial charge in [-0.25, -0.2) is 0 Å². The van der Waals surface area contributed by atoms with Crippen molar-refractivity contribution in [2.45, 2.75) is 57.8 Å². The minimum absolute atomic E-state index is 0.209. The van der Waals surface area contributed by atoms with Crippen molar-refractivity contribution in [2.75, 3.05) is 6.54 Å². The van der Waals surface area contributed by atoms with Crippen molar-refractivity contribution in [2.24, 2.45) is 5.73 Å². The lowest BCUT2D eigenvalue weighted by atomic mass is 9.90. The van der Waals surface area contributed by atoms with Gasteiger partial charge in [-0.2, -0.15) is 8.78 Å². The van der Waals surface area contributed by atoms with E-state index in [1.54, 1.807) is 12.1 Å². The molecule has 1 aromatic rings. The maximum absolute atomic E-state index is 12.1. The first-order valence-electron chi connectivity index (χ1n) is 7.62. The van der Waals surface area contributed by atoms with Gasteiger partial charge >= 0.3 is 6.61 Å². The van der Waals surface area contributed by atoms with Crippen LogP contribution < -0.4 is 10.5 Å². The van der Waals surface area contributed by atoms with Gasteiger partial charge in [0.2, 0.25) is 0 Å². The molecule has 118 valence electrons. The fourth-order valence-electron chi connectivity index (χ4n) is 2.98. The highest BCUT2D eigenvalue weighted by molar-refractivity contribution is 5.27. The summed E-state index contributed by atoms with van der Waals surface area (Å²) in [4.78, 5) is 2.44. The van der Waals surface area contributed by atoms with Gasteiger partial charge < -0.3 is 10.5 Å². The maximum Gasteiger partial charge on any atom is 0.387 e. The van der Waals surface area contributed by atoms with E-state index in [4.69, 9.17) is 5.73 Å². The Balaban J connectivity index is 1.92. The molecule has 1 saturated carbocycles. The third-order valence-electron chi connectivity index (χ3n) is 4.20. The summed E-state index contributed by atoms with van der Waals surface area (Å²) in [5, 5.41) is 0. The van der Waals surface area contributed by atoms with Gasteiger partial charge in [-0.3, -0.25) is 4.90 Å². The largest absolute Gasteiger partial charge is 0.435 e. The van der Waals surface area contributed by atoms with Crippen LogP contribution in [0.4, 0.5) is 8.78 Å². The zero-order valence-corrected chi connectivity index (χ0v) is 12.5. The van der Waals surface area contributed by atoms with Crippen LogP contribution in [0.2, 0.25) is 0 Å². The molecule has 1 aliphatic rings. The molecule has 5 heteroatoms. The minimum Gasteiger partial charge on any atom is -0.435 e. The number of rotatable bonds is 6. The molecule has 0 aliphatic heterocycles. The maximum atomic E-state index is 12.1. The molecule has 0 saturated heterocycles. The molecule has 0 radical (unpaired) electrons. The second kappa shape index (κ2) is 7.71. The van der Waals surface area contributed by atoms with Gasteiger partial charge in [-0.1, -0.05) is 19.1 Å². The Bertz CT molecular complexity index is 417. The summed E-state index contributed by atoms with van der Waals surface area (Å²) in [6.45, 7) is 1.21. The third-order valence-corrected chi connectivity index (χ3v) is 4.20. The van der Waals surface area contributed by atoms with Crippen molar-refractivity contribution in [1.29, 1.82) is 0 Å². The average molecular weight is 298 g/mol. The molecule has 0 spiro atoms. The predicted octanol–water partition coefficient (Wildman–Crippen LogP) is 3.38. The fraction of sp³-hybridized carbons (Fsp3) is 0.625. The Morgan fingerprint density at radius 1 is 1.19 bits per heavy atom. The minimum atomic E-state index is -2.77. The topological polar surface area (TPSA) is 38.5 Å². The zero-order valence-electron chi connectivity index (χ0n) is 12.5. The van der Waals surface area contributed by atoms with Gasteiger partial charge in [-0.05, 0) is 49.9 Å². The van der Waals surface area contributed by atoms with Gasteiger partial charge in [0, 0.05) is 18.6 Å². The van der Waals surface area contributed by atoms with Crippen molar-refractivity contribution in [3.63, 3.8) is 0 Å². The van der Waals surface area contributed by atoms with Crippen LogP contribution in [0.15, 0.2) is 24.3 Å². The van der Waals surface area contributed by atoms with E-state index >= 15 is 0 Å². The van der Waals surface area contributed by atoms with Gasteiger partial charge in [0.05, 0.1) is 0 Å². The van der Waals surface area contributed by atoms with Crippen LogP contribution in [0.3, 0.4) is 0 Å². The van der Waals surface area contributed by atoms with Crippen LogP contribution in [0.25, 0.3) is 0 Å². The van der Waals surface area contributed by atoms with Crippen LogP contribution in [0.1, 0.15) is 38.2 Å². The van der Waals surface area contributed by atoms with Crippen molar-refractivity contribution in [3.8, 4) is 5.75 Å². The molecule has 21 heavy (non-hydrogen) atoms.